The number of nitrogens with two attached hydrogens (primary N) is 1. The van der Waals surface area contributed by atoms with Gasteiger partial charge in [0.25, 0.3) is 0 Å². The molecule has 0 radical (unpaired) electrons. The summed E-state index contributed by atoms with van der Waals surface area (Å²) in [5.74, 6) is 5.81. The van der Waals surface area contributed by atoms with E-state index in [-0.39, 0.29) is 29.1 Å². The first-order valence-electron chi connectivity index (χ1n) is 7.40. The summed E-state index contributed by atoms with van der Waals surface area (Å²) in [6.07, 6.45) is 1.94. The molecule has 1 aromatic heterocycles. The predicted molar refractivity (Wildman–Crippen MR) is 88.8 cm³/mol. The largest absolute Gasteiger partial charge is 0.353 e. The summed E-state index contributed by atoms with van der Waals surface area (Å²) < 4.78 is 15.0. The number of hydrogen-bond donors (Lipinski definition) is 2. The van der Waals surface area contributed by atoms with Crippen molar-refractivity contribution in [3.05, 3.63) is 30.1 Å². The van der Waals surface area contributed by atoms with E-state index < -0.39 is 5.82 Å². The molecule has 1 unspecified atom stereocenters. The van der Waals surface area contributed by atoms with Gasteiger partial charge in [-0.05, 0) is 25.5 Å². The van der Waals surface area contributed by atoms with E-state index in [1.807, 2.05) is 6.92 Å². The molecule has 0 aliphatic carbocycles. The first-order valence-corrected chi connectivity index (χ1v) is 8.39. The van der Waals surface area contributed by atoms with Crippen LogP contribution in [0.5, 0.6) is 0 Å². The van der Waals surface area contributed by atoms with Gasteiger partial charge in [-0.2, -0.15) is 0 Å². The van der Waals surface area contributed by atoms with Gasteiger partial charge in [0.15, 0.2) is 5.82 Å². The van der Waals surface area contributed by atoms with Gasteiger partial charge in [-0.15, -0.1) is 10.2 Å². The second-order valence-electron chi connectivity index (χ2n) is 5.20. The first kappa shape index (κ1) is 17.3. The molecule has 3 N–H and O–H groups in total. The van der Waals surface area contributed by atoms with Crippen molar-refractivity contribution in [3.8, 4) is 11.4 Å². The Hall–Kier alpha value is -2.09. The smallest absolute Gasteiger partial charge is 0.230 e. The summed E-state index contributed by atoms with van der Waals surface area (Å²) >= 11 is 1.17. The molecule has 1 aromatic carbocycles. The molecule has 2 aromatic rings. The summed E-state index contributed by atoms with van der Waals surface area (Å²) in [5, 5.41) is 11.1. The number of amides is 1. The average Bonchev–Trinajstić information content (AvgIpc) is 2.87. The molecule has 2 rings (SSSR count). The van der Waals surface area contributed by atoms with Crippen LogP contribution in [0.15, 0.2) is 29.4 Å². The maximum atomic E-state index is 13.8. The van der Waals surface area contributed by atoms with E-state index >= 15 is 0 Å². The Morgan fingerprint density at radius 1 is 1.43 bits per heavy atom. The SMILES string of the molecule is CCCC(C)NC(=O)CSc1nnc(-c2ccccc2F)n1N. The first-order chi connectivity index (χ1) is 11.0. The van der Waals surface area contributed by atoms with E-state index in [0.717, 1.165) is 12.8 Å². The number of benzene rings is 1. The van der Waals surface area contributed by atoms with Crippen molar-refractivity contribution in [1.29, 1.82) is 0 Å². The number of carbonyl (C=O) groups is 1. The lowest BCUT2D eigenvalue weighted by molar-refractivity contribution is -0.119. The molecule has 0 fully saturated rings. The summed E-state index contributed by atoms with van der Waals surface area (Å²) in [6, 6.07) is 6.34. The van der Waals surface area contributed by atoms with Crippen LogP contribution in [0.25, 0.3) is 11.4 Å². The van der Waals surface area contributed by atoms with E-state index in [2.05, 4.69) is 22.4 Å². The predicted octanol–water partition coefficient (Wildman–Crippen LogP) is 2.19. The highest BCUT2D eigenvalue weighted by atomic mass is 32.2. The summed E-state index contributed by atoms with van der Waals surface area (Å²) in [7, 11) is 0. The molecule has 0 bridgehead atoms. The Kier molecular flexibility index (Phi) is 5.97. The van der Waals surface area contributed by atoms with Crippen molar-refractivity contribution in [1.82, 2.24) is 20.2 Å². The van der Waals surface area contributed by atoms with Crippen molar-refractivity contribution in [2.75, 3.05) is 11.6 Å². The van der Waals surface area contributed by atoms with Crippen molar-refractivity contribution >= 4 is 17.7 Å². The number of halogens is 1. The lowest BCUT2D eigenvalue weighted by atomic mass is 10.2. The molecule has 1 heterocycles. The van der Waals surface area contributed by atoms with Crippen molar-refractivity contribution in [3.63, 3.8) is 0 Å². The average molecular weight is 337 g/mol. The van der Waals surface area contributed by atoms with Gasteiger partial charge in [-0.1, -0.05) is 37.2 Å². The van der Waals surface area contributed by atoms with Crippen LogP contribution in [0.2, 0.25) is 0 Å². The Bertz CT molecular complexity index is 676. The minimum Gasteiger partial charge on any atom is -0.353 e. The van der Waals surface area contributed by atoms with Crippen LogP contribution in [0, 0.1) is 5.82 Å². The third-order valence-corrected chi connectivity index (χ3v) is 4.18. The van der Waals surface area contributed by atoms with Crippen LogP contribution in [0.4, 0.5) is 4.39 Å². The van der Waals surface area contributed by atoms with E-state index in [9.17, 15) is 9.18 Å². The van der Waals surface area contributed by atoms with Crippen LogP contribution >= 0.6 is 11.8 Å². The summed E-state index contributed by atoms with van der Waals surface area (Å²) in [6.45, 7) is 4.03. The molecule has 0 saturated carbocycles. The number of carbonyl (C=O) groups excluding carboxylic acids is 1. The normalized spacial score (nSPS) is 12.1. The fraction of sp³-hybridized carbons (Fsp3) is 0.400. The van der Waals surface area contributed by atoms with Crippen molar-refractivity contribution in [2.24, 2.45) is 0 Å². The van der Waals surface area contributed by atoms with Crippen LogP contribution in [0.3, 0.4) is 0 Å². The Morgan fingerprint density at radius 2 is 2.17 bits per heavy atom. The Morgan fingerprint density at radius 3 is 2.87 bits per heavy atom. The highest BCUT2D eigenvalue weighted by Gasteiger charge is 2.16. The van der Waals surface area contributed by atoms with Crippen molar-refractivity contribution in [2.45, 2.75) is 37.9 Å². The second-order valence-corrected chi connectivity index (χ2v) is 6.14. The van der Waals surface area contributed by atoms with Crippen molar-refractivity contribution < 1.29 is 9.18 Å². The number of rotatable bonds is 7. The summed E-state index contributed by atoms with van der Waals surface area (Å²) in [4.78, 5) is 11.9. The van der Waals surface area contributed by atoms with E-state index in [1.165, 1.54) is 22.5 Å². The Labute approximate surface area is 138 Å². The molecule has 8 heteroatoms. The van der Waals surface area contributed by atoms with Crippen LogP contribution < -0.4 is 11.2 Å². The molecule has 0 aliphatic heterocycles. The maximum absolute atomic E-state index is 13.8. The molecule has 23 heavy (non-hydrogen) atoms. The zero-order valence-electron chi connectivity index (χ0n) is 13.1. The monoisotopic (exact) mass is 337 g/mol. The van der Waals surface area contributed by atoms with Crippen LogP contribution in [0.1, 0.15) is 26.7 Å². The summed E-state index contributed by atoms with van der Waals surface area (Å²) in [5.41, 5.74) is 0.273. The number of aromatic nitrogens is 3. The second kappa shape index (κ2) is 7.96. The molecule has 0 spiro atoms. The highest BCUT2D eigenvalue weighted by Crippen LogP contribution is 2.23. The molecule has 0 aliphatic rings. The quantitative estimate of drug-likeness (QED) is 0.597. The zero-order chi connectivity index (χ0) is 16.8. The fourth-order valence-electron chi connectivity index (χ4n) is 2.15. The zero-order valence-corrected chi connectivity index (χ0v) is 13.9. The minimum absolute atomic E-state index is 0.0913. The molecule has 124 valence electrons. The van der Waals surface area contributed by atoms with Gasteiger partial charge in [0, 0.05) is 6.04 Å². The van der Waals surface area contributed by atoms with Gasteiger partial charge in [0.05, 0.1) is 11.3 Å². The molecule has 1 amide bonds. The Balaban J connectivity index is 2.00. The third-order valence-electron chi connectivity index (χ3n) is 3.24. The standard InChI is InChI=1S/C15H20FN5OS/c1-3-6-10(2)18-13(22)9-23-15-20-19-14(21(15)17)11-7-4-5-8-12(11)16/h4-5,7-8,10H,3,6,9,17H2,1-2H3,(H,18,22). The van der Waals surface area contributed by atoms with Gasteiger partial charge in [0.2, 0.25) is 11.1 Å². The maximum Gasteiger partial charge on any atom is 0.230 e. The number of nitrogens with one attached hydrogen (secondary N) is 1. The van der Waals surface area contributed by atoms with Crippen LogP contribution in [-0.4, -0.2) is 32.6 Å². The third kappa shape index (κ3) is 4.44. The number of nitrogen functional groups attached to an aromatic ring is 1. The van der Waals surface area contributed by atoms with Gasteiger partial charge >= 0.3 is 0 Å². The van der Waals surface area contributed by atoms with Gasteiger partial charge in [-0.3, -0.25) is 4.79 Å². The molecule has 1 atom stereocenters. The molecule has 6 nitrogen and oxygen atoms in total. The van der Waals surface area contributed by atoms with Gasteiger partial charge < -0.3 is 11.2 Å². The van der Waals surface area contributed by atoms with Gasteiger partial charge in [-0.25, -0.2) is 9.07 Å². The van der Waals surface area contributed by atoms with E-state index in [0.29, 0.717) is 5.16 Å². The molecular formula is C15H20FN5OS. The van der Waals surface area contributed by atoms with E-state index in [4.69, 9.17) is 5.84 Å². The molecule has 0 saturated heterocycles. The van der Waals surface area contributed by atoms with Crippen LogP contribution in [-0.2, 0) is 4.79 Å². The number of thioether (sulfide) groups is 1. The van der Waals surface area contributed by atoms with Gasteiger partial charge in [0.1, 0.15) is 5.82 Å². The van der Waals surface area contributed by atoms with E-state index in [1.54, 1.807) is 18.2 Å². The number of nitrogens with zero attached hydrogens (tertiary/aromatic N) is 3. The lowest BCUT2D eigenvalue weighted by Crippen LogP contribution is -2.33. The highest BCUT2D eigenvalue weighted by molar-refractivity contribution is 7.99. The number of hydrogen-bond acceptors (Lipinski definition) is 5. The lowest BCUT2D eigenvalue weighted by Gasteiger charge is -2.12. The molecular weight excluding hydrogens is 317 g/mol. The fourth-order valence-corrected chi connectivity index (χ4v) is 2.82. The topological polar surface area (TPSA) is 85.8 Å². The minimum atomic E-state index is -0.422.